The highest BCUT2D eigenvalue weighted by Crippen LogP contribution is 2.21. The number of benzene rings is 1. The lowest BCUT2D eigenvalue weighted by molar-refractivity contribution is -0.0581. The topological polar surface area (TPSA) is 52.6 Å². The Morgan fingerprint density at radius 1 is 1.44 bits per heavy atom. The summed E-state index contributed by atoms with van der Waals surface area (Å²) in [5, 5.41) is 12.9. The second kappa shape index (κ2) is 3.96. The number of anilines is 1. The standard InChI is InChI=1S/C11H13ClN2O2/c1-11(16)6-14(7-11)10(15)13-9-4-2-8(12)3-5-9/h2-5,16H,6-7H2,1H3,(H,13,15). The Morgan fingerprint density at radius 2 is 2.00 bits per heavy atom. The van der Waals surface area contributed by atoms with Crippen molar-refractivity contribution in [1.82, 2.24) is 4.90 Å². The summed E-state index contributed by atoms with van der Waals surface area (Å²) < 4.78 is 0. The highest BCUT2D eigenvalue weighted by molar-refractivity contribution is 6.30. The molecule has 0 bridgehead atoms. The molecule has 1 aliphatic heterocycles. The first-order chi connectivity index (χ1) is 7.46. The van der Waals surface area contributed by atoms with Gasteiger partial charge >= 0.3 is 6.03 Å². The van der Waals surface area contributed by atoms with Gasteiger partial charge in [-0.15, -0.1) is 0 Å². The molecule has 16 heavy (non-hydrogen) atoms. The van der Waals surface area contributed by atoms with Crippen LogP contribution in [0.3, 0.4) is 0 Å². The lowest BCUT2D eigenvalue weighted by Crippen LogP contribution is -2.62. The third-order valence-electron chi connectivity index (χ3n) is 2.45. The molecule has 0 atom stereocenters. The fourth-order valence-corrected chi connectivity index (χ4v) is 1.78. The van der Waals surface area contributed by atoms with Gasteiger partial charge in [-0.25, -0.2) is 4.79 Å². The molecule has 0 radical (unpaired) electrons. The quantitative estimate of drug-likeness (QED) is 0.788. The molecule has 1 aliphatic rings. The first-order valence-electron chi connectivity index (χ1n) is 5.00. The summed E-state index contributed by atoms with van der Waals surface area (Å²) in [6.45, 7) is 2.44. The average molecular weight is 241 g/mol. The van der Waals surface area contributed by atoms with Gasteiger partial charge in [-0.05, 0) is 31.2 Å². The molecule has 0 aromatic heterocycles. The molecule has 5 heteroatoms. The Labute approximate surface area is 98.8 Å². The van der Waals surface area contributed by atoms with Crippen LogP contribution >= 0.6 is 11.6 Å². The van der Waals surface area contributed by atoms with Gasteiger partial charge in [0.15, 0.2) is 0 Å². The van der Waals surface area contributed by atoms with Gasteiger partial charge in [0, 0.05) is 10.7 Å². The lowest BCUT2D eigenvalue weighted by Gasteiger charge is -2.43. The van der Waals surface area contributed by atoms with Gasteiger partial charge in [0.2, 0.25) is 0 Å². The van der Waals surface area contributed by atoms with Crippen molar-refractivity contribution in [1.29, 1.82) is 0 Å². The molecular weight excluding hydrogens is 228 g/mol. The van der Waals surface area contributed by atoms with Crippen molar-refractivity contribution < 1.29 is 9.90 Å². The SMILES string of the molecule is CC1(O)CN(C(=O)Nc2ccc(Cl)cc2)C1. The molecule has 0 aliphatic carbocycles. The summed E-state index contributed by atoms with van der Waals surface area (Å²) in [6.07, 6.45) is 0. The van der Waals surface area contributed by atoms with Crippen molar-refractivity contribution in [2.45, 2.75) is 12.5 Å². The van der Waals surface area contributed by atoms with E-state index in [1.165, 1.54) is 0 Å². The van der Waals surface area contributed by atoms with Gasteiger partial charge in [-0.2, -0.15) is 0 Å². The summed E-state index contributed by atoms with van der Waals surface area (Å²) in [4.78, 5) is 13.2. The van der Waals surface area contributed by atoms with E-state index in [-0.39, 0.29) is 6.03 Å². The van der Waals surface area contributed by atoms with Gasteiger partial charge < -0.3 is 15.3 Å². The number of hydrogen-bond donors (Lipinski definition) is 2. The van der Waals surface area contributed by atoms with Gasteiger partial charge in [0.25, 0.3) is 0 Å². The van der Waals surface area contributed by atoms with Crippen molar-refractivity contribution in [3.63, 3.8) is 0 Å². The Hall–Kier alpha value is -1.26. The maximum absolute atomic E-state index is 11.6. The highest BCUT2D eigenvalue weighted by atomic mass is 35.5. The van der Waals surface area contributed by atoms with E-state index in [2.05, 4.69) is 5.32 Å². The predicted octanol–water partition coefficient (Wildman–Crippen LogP) is 1.94. The van der Waals surface area contributed by atoms with E-state index in [1.54, 1.807) is 36.1 Å². The lowest BCUT2D eigenvalue weighted by atomic mass is 9.98. The molecule has 1 fully saturated rings. The van der Waals surface area contributed by atoms with Crippen molar-refractivity contribution in [3.05, 3.63) is 29.3 Å². The van der Waals surface area contributed by atoms with Crippen LogP contribution in [0.5, 0.6) is 0 Å². The summed E-state index contributed by atoms with van der Waals surface area (Å²) in [5.41, 5.74) is -0.0434. The van der Waals surface area contributed by atoms with Crippen LogP contribution in [-0.2, 0) is 0 Å². The molecule has 2 amide bonds. The molecule has 86 valence electrons. The highest BCUT2D eigenvalue weighted by Gasteiger charge is 2.39. The van der Waals surface area contributed by atoms with E-state index in [9.17, 15) is 9.90 Å². The molecule has 0 spiro atoms. The van der Waals surface area contributed by atoms with E-state index in [1.807, 2.05) is 0 Å². The minimum atomic E-state index is -0.739. The number of nitrogens with one attached hydrogen (secondary N) is 1. The maximum Gasteiger partial charge on any atom is 0.322 e. The summed E-state index contributed by atoms with van der Waals surface area (Å²) in [6, 6.07) is 6.69. The second-order valence-electron chi connectivity index (χ2n) is 4.29. The summed E-state index contributed by atoms with van der Waals surface area (Å²) in [5.74, 6) is 0. The van der Waals surface area contributed by atoms with Gasteiger partial charge in [-0.3, -0.25) is 0 Å². The average Bonchev–Trinajstić information content (AvgIpc) is 2.18. The minimum absolute atomic E-state index is 0.200. The predicted molar refractivity (Wildman–Crippen MR) is 62.7 cm³/mol. The molecular formula is C11H13ClN2O2. The number of likely N-dealkylation sites (tertiary alicyclic amines) is 1. The number of urea groups is 1. The molecule has 2 N–H and O–H groups in total. The smallest absolute Gasteiger partial charge is 0.322 e. The van der Waals surface area contributed by atoms with Crippen molar-refractivity contribution >= 4 is 23.3 Å². The Balaban J connectivity index is 1.91. The van der Waals surface area contributed by atoms with Gasteiger partial charge in [-0.1, -0.05) is 11.6 Å². The van der Waals surface area contributed by atoms with E-state index in [0.29, 0.717) is 23.8 Å². The van der Waals surface area contributed by atoms with Gasteiger partial charge in [0.05, 0.1) is 18.7 Å². The number of amides is 2. The molecule has 1 heterocycles. The number of carbonyl (C=O) groups is 1. The van der Waals surface area contributed by atoms with Crippen LogP contribution in [0.15, 0.2) is 24.3 Å². The van der Waals surface area contributed by atoms with Crippen LogP contribution in [-0.4, -0.2) is 34.7 Å². The Kier molecular flexibility index (Phi) is 2.78. The number of carbonyl (C=O) groups excluding carboxylic acids is 1. The Morgan fingerprint density at radius 3 is 2.50 bits per heavy atom. The number of rotatable bonds is 1. The number of nitrogens with zero attached hydrogens (tertiary/aromatic N) is 1. The van der Waals surface area contributed by atoms with Crippen LogP contribution in [0.25, 0.3) is 0 Å². The monoisotopic (exact) mass is 240 g/mol. The second-order valence-corrected chi connectivity index (χ2v) is 4.73. The Bertz CT molecular complexity index is 395. The number of hydrogen-bond acceptors (Lipinski definition) is 2. The third kappa shape index (κ3) is 2.46. The van der Waals surface area contributed by atoms with Crippen LogP contribution in [0, 0.1) is 0 Å². The third-order valence-corrected chi connectivity index (χ3v) is 2.70. The van der Waals surface area contributed by atoms with Crippen LogP contribution in [0.4, 0.5) is 10.5 Å². The largest absolute Gasteiger partial charge is 0.386 e. The number of β-amino-alcohol motifs (C(OH)–C–C–N with tert-alkyl or cyclic N) is 1. The van der Waals surface area contributed by atoms with Crippen molar-refractivity contribution in [3.8, 4) is 0 Å². The normalized spacial score (nSPS) is 17.8. The summed E-state index contributed by atoms with van der Waals surface area (Å²) >= 11 is 5.73. The van der Waals surface area contributed by atoms with Gasteiger partial charge in [0.1, 0.15) is 0 Å². The minimum Gasteiger partial charge on any atom is -0.386 e. The first kappa shape index (κ1) is 11.2. The molecule has 0 unspecified atom stereocenters. The zero-order valence-electron chi connectivity index (χ0n) is 8.90. The first-order valence-corrected chi connectivity index (χ1v) is 5.38. The zero-order valence-corrected chi connectivity index (χ0v) is 9.66. The van der Waals surface area contributed by atoms with E-state index in [0.717, 1.165) is 0 Å². The zero-order chi connectivity index (χ0) is 11.8. The van der Waals surface area contributed by atoms with Crippen LogP contribution in [0.1, 0.15) is 6.92 Å². The van der Waals surface area contributed by atoms with Crippen LogP contribution < -0.4 is 5.32 Å². The molecule has 1 aromatic carbocycles. The fourth-order valence-electron chi connectivity index (χ4n) is 1.66. The molecule has 2 rings (SSSR count). The number of halogens is 1. The molecule has 1 aromatic rings. The molecule has 1 saturated heterocycles. The summed E-state index contributed by atoms with van der Waals surface area (Å²) in [7, 11) is 0. The molecule has 4 nitrogen and oxygen atoms in total. The van der Waals surface area contributed by atoms with E-state index >= 15 is 0 Å². The maximum atomic E-state index is 11.6. The molecule has 0 saturated carbocycles. The van der Waals surface area contributed by atoms with Crippen molar-refractivity contribution in [2.75, 3.05) is 18.4 Å². The fraction of sp³-hybridized carbons (Fsp3) is 0.364. The van der Waals surface area contributed by atoms with Crippen LogP contribution in [0.2, 0.25) is 5.02 Å². The van der Waals surface area contributed by atoms with E-state index in [4.69, 9.17) is 11.6 Å². The van der Waals surface area contributed by atoms with Crippen molar-refractivity contribution in [2.24, 2.45) is 0 Å². The van der Waals surface area contributed by atoms with E-state index < -0.39 is 5.60 Å². The number of aliphatic hydroxyl groups is 1.